The standard InChI is InChI=1S/C36H61N5O6/c1-3-4-5-6-7-8-9-10-11-12-13-14-15-16-34(43)41-31-27-30-29(26-36(45)47-33(30)28-32(31)42)25-35(44)40-22-21-38-18-17-37-19-20-39-23-24-46-2/h26-28,37-39,42H,3-25H2,1-2H3,(H,40,44)(H,41,43). The fraction of sp³-hybridized carbons (Fsp3) is 0.694. The molecule has 0 saturated carbocycles. The number of nitrogens with one attached hydrogen (secondary N) is 5. The molecule has 0 unspecified atom stereocenters. The monoisotopic (exact) mass is 659 g/mol. The van der Waals surface area contributed by atoms with Gasteiger partial charge in [0.15, 0.2) is 0 Å². The van der Waals surface area contributed by atoms with E-state index >= 15 is 0 Å². The summed E-state index contributed by atoms with van der Waals surface area (Å²) in [6.45, 7) is 8.16. The van der Waals surface area contributed by atoms with Crippen LogP contribution in [0, 0.1) is 0 Å². The Morgan fingerprint density at radius 3 is 1.87 bits per heavy atom. The average molecular weight is 660 g/mol. The van der Waals surface area contributed by atoms with E-state index in [2.05, 4.69) is 33.5 Å². The van der Waals surface area contributed by atoms with Crippen molar-refractivity contribution in [3.8, 4) is 5.75 Å². The van der Waals surface area contributed by atoms with Gasteiger partial charge in [0.1, 0.15) is 11.3 Å². The van der Waals surface area contributed by atoms with Crippen LogP contribution in [0.3, 0.4) is 0 Å². The van der Waals surface area contributed by atoms with Gasteiger partial charge in [-0.15, -0.1) is 0 Å². The highest BCUT2D eigenvalue weighted by Crippen LogP contribution is 2.31. The number of methoxy groups -OCH3 is 1. The molecule has 0 aliphatic carbocycles. The molecule has 1 aromatic heterocycles. The predicted octanol–water partition coefficient (Wildman–Crippen LogP) is 4.99. The second kappa shape index (κ2) is 26.0. The number of phenols is 1. The summed E-state index contributed by atoms with van der Waals surface area (Å²) in [4.78, 5) is 37.5. The first-order valence-corrected chi connectivity index (χ1v) is 17.9. The lowest BCUT2D eigenvalue weighted by atomic mass is 10.0. The Bertz CT molecular complexity index is 1200. The molecule has 2 rings (SSSR count). The Morgan fingerprint density at radius 2 is 1.28 bits per heavy atom. The minimum Gasteiger partial charge on any atom is -0.506 e. The van der Waals surface area contributed by atoms with E-state index in [0.717, 1.165) is 52.0 Å². The molecule has 0 saturated heterocycles. The number of fused-ring (bicyclic) bond motifs is 1. The van der Waals surface area contributed by atoms with Crippen molar-refractivity contribution in [2.24, 2.45) is 0 Å². The summed E-state index contributed by atoms with van der Waals surface area (Å²) in [7, 11) is 1.68. The third-order valence-corrected chi connectivity index (χ3v) is 8.14. The van der Waals surface area contributed by atoms with E-state index in [-0.39, 0.29) is 35.3 Å². The van der Waals surface area contributed by atoms with Crippen molar-refractivity contribution in [3.05, 3.63) is 34.2 Å². The van der Waals surface area contributed by atoms with Crippen LogP contribution in [0.1, 0.15) is 102 Å². The average Bonchev–Trinajstić information content (AvgIpc) is 3.04. The molecule has 1 aromatic carbocycles. The maximum Gasteiger partial charge on any atom is 0.336 e. The zero-order chi connectivity index (χ0) is 34.0. The Kier molecular flexibility index (Phi) is 22.2. The van der Waals surface area contributed by atoms with Crippen LogP contribution >= 0.6 is 0 Å². The minimum absolute atomic E-state index is 0.0309. The molecular formula is C36H61N5O6. The number of carbonyl (C=O) groups excluding carboxylic acids is 2. The number of amides is 2. The normalized spacial score (nSPS) is 11.3. The SMILES string of the molecule is CCCCCCCCCCCCCCCC(=O)Nc1cc2c(CC(=O)NCCNCCNCCNCCOC)cc(=O)oc2cc1O. The van der Waals surface area contributed by atoms with Gasteiger partial charge < -0.3 is 40.8 Å². The van der Waals surface area contributed by atoms with Crippen molar-refractivity contribution in [1.82, 2.24) is 21.3 Å². The van der Waals surface area contributed by atoms with E-state index < -0.39 is 5.63 Å². The number of hydrogen-bond acceptors (Lipinski definition) is 9. The van der Waals surface area contributed by atoms with E-state index in [9.17, 15) is 19.5 Å². The Hall–Kier alpha value is -2.99. The lowest BCUT2D eigenvalue weighted by Gasteiger charge is -2.12. The zero-order valence-corrected chi connectivity index (χ0v) is 29.0. The van der Waals surface area contributed by atoms with Gasteiger partial charge >= 0.3 is 5.63 Å². The lowest BCUT2D eigenvalue weighted by molar-refractivity contribution is -0.120. The van der Waals surface area contributed by atoms with Gasteiger partial charge in [-0.05, 0) is 18.1 Å². The molecule has 1 heterocycles. The zero-order valence-electron chi connectivity index (χ0n) is 29.0. The largest absolute Gasteiger partial charge is 0.506 e. The van der Waals surface area contributed by atoms with E-state index in [4.69, 9.17) is 9.15 Å². The molecule has 0 radical (unpaired) electrons. The number of carbonyl (C=O) groups is 2. The molecule has 0 fully saturated rings. The summed E-state index contributed by atoms with van der Waals surface area (Å²) in [5.74, 6) is -0.607. The van der Waals surface area contributed by atoms with Crippen LogP contribution in [-0.4, -0.2) is 76.5 Å². The quantitative estimate of drug-likeness (QED) is 0.0403. The number of hydrogen-bond donors (Lipinski definition) is 6. The summed E-state index contributed by atoms with van der Waals surface area (Å²) in [5.41, 5.74) is 0.255. The van der Waals surface area contributed by atoms with Crippen molar-refractivity contribution in [2.45, 2.75) is 103 Å². The molecule has 47 heavy (non-hydrogen) atoms. The molecule has 0 aliphatic rings. The smallest absolute Gasteiger partial charge is 0.336 e. The maximum absolute atomic E-state index is 12.7. The Morgan fingerprint density at radius 1 is 0.723 bits per heavy atom. The summed E-state index contributed by atoms with van der Waals surface area (Å²) >= 11 is 0. The number of anilines is 1. The number of ether oxygens (including phenoxy) is 1. The second-order valence-electron chi connectivity index (χ2n) is 12.3. The van der Waals surface area contributed by atoms with Gasteiger partial charge in [0.05, 0.1) is 18.7 Å². The van der Waals surface area contributed by atoms with E-state index in [0.29, 0.717) is 37.1 Å². The van der Waals surface area contributed by atoms with Crippen molar-refractivity contribution < 1.29 is 23.8 Å². The molecule has 0 spiro atoms. The molecule has 0 atom stereocenters. The second-order valence-corrected chi connectivity index (χ2v) is 12.3. The van der Waals surface area contributed by atoms with Gasteiger partial charge in [-0.25, -0.2) is 4.79 Å². The third-order valence-electron chi connectivity index (χ3n) is 8.14. The highest BCUT2D eigenvalue weighted by Gasteiger charge is 2.15. The highest BCUT2D eigenvalue weighted by molar-refractivity contribution is 5.97. The molecule has 2 amide bonds. The summed E-state index contributed by atoms with van der Waals surface area (Å²) in [6.07, 6.45) is 16.4. The predicted molar refractivity (Wildman–Crippen MR) is 190 cm³/mol. The number of aromatic hydroxyl groups is 1. The van der Waals surface area contributed by atoms with Crippen LogP contribution in [-0.2, 0) is 20.7 Å². The van der Waals surface area contributed by atoms with E-state index in [1.807, 2.05) is 0 Å². The topological polar surface area (TPSA) is 154 Å². The molecule has 6 N–H and O–H groups in total. The van der Waals surface area contributed by atoms with Crippen LogP contribution in [0.25, 0.3) is 11.0 Å². The summed E-state index contributed by atoms with van der Waals surface area (Å²) < 4.78 is 10.3. The lowest BCUT2D eigenvalue weighted by Crippen LogP contribution is -2.37. The first-order chi connectivity index (χ1) is 22.9. The van der Waals surface area contributed by atoms with Gasteiger partial charge in [0.25, 0.3) is 0 Å². The van der Waals surface area contributed by atoms with E-state index in [1.165, 1.54) is 76.3 Å². The number of benzene rings is 1. The van der Waals surface area contributed by atoms with Crippen molar-refractivity contribution >= 4 is 28.5 Å². The highest BCUT2D eigenvalue weighted by atomic mass is 16.5. The maximum atomic E-state index is 12.7. The van der Waals surface area contributed by atoms with Gasteiger partial charge in [-0.1, -0.05) is 84.0 Å². The summed E-state index contributed by atoms with van der Waals surface area (Å²) in [6, 6.07) is 4.17. The van der Waals surface area contributed by atoms with Gasteiger partial charge in [0.2, 0.25) is 11.8 Å². The molecule has 2 aromatic rings. The number of phenolic OH excluding ortho intramolecular Hbond substituents is 1. The van der Waals surface area contributed by atoms with Crippen molar-refractivity contribution in [3.63, 3.8) is 0 Å². The van der Waals surface area contributed by atoms with Crippen LogP contribution in [0.2, 0.25) is 0 Å². The first kappa shape index (κ1) is 40.2. The third kappa shape index (κ3) is 18.8. The number of unbranched alkanes of at least 4 members (excludes halogenated alkanes) is 12. The van der Waals surface area contributed by atoms with Crippen LogP contribution in [0.15, 0.2) is 27.4 Å². The minimum atomic E-state index is -0.609. The fourth-order valence-corrected chi connectivity index (χ4v) is 5.45. The Balaban J connectivity index is 1.68. The van der Waals surface area contributed by atoms with Crippen molar-refractivity contribution in [2.75, 3.05) is 64.8 Å². The van der Waals surface area contributed by atoms with Crippen LogP contribution in [0.5, 0.6) is 5.75 Å². The number of rotatable bonds is 29. The first-order valence-electron chi connectivity index (χ1n) is 17.9. The molecule has 11 heteroatoms. The molecule has 0 aliphatic heterocycles. The van der Waals surface area contributed by atoms with Crippen molar-refractivity contribution in [1.29, 1.82) is 0 Å². The Labute approximate surface area is 281 Å². The van der Waals surface area contributed by atoms with Gasteiger partial charge in [0, 0.05) is 76.9 Å². The molecule has 266 valence electrons. The molecule has 11 nitrogen and oxygen atoms in total. The molecular weight excluding hydrogens is 598 g/mol. The summed E-state index contributed by atoms with van der Waals surface area (Å²) in [5, 5.41) is 26.5. The fourth-order valence-electron chi connectivity index (χ4n) is 5.45. The molecule has 0 bridgehead atoms. The van der Waals surface area contributed by atoms with Gasteiger partial charge in [-0.3, -0.25) is 9.59 Å². The van der Waals surface area contributed by atoms with Crippen LogP contribution in [0.4, 0.5) is 5.69 Å². The van der Waals surface area contributed by atoms with Gasteiger partial charge in [-0.2, -0.15) is 0 Å². The van der Waals surface area contributed by atoms with Crippen LogP contribution < -0.4 is 32.2 Å². The van der Waals surface area contributed by atoms with E-state index in [1.54, 1.807) is 13.2 Å².